The van der Waals surface area contributed by atoms with E-state index in [1.165, 1.54) is 4.90 Å². The topological polar surface area (TPSA) is 127 Å². The second kappa shape index (κ2) is 10.5. The maximum absolute atomic E-state index is 12.6. The molecule has 1 saturated heterocycles. The Hall–Kier alpha value is -5.38. The third-order valence-corrected chi connectivity index (χ3v) is 6.43. The van der Waals surface area contributed by atoms with Crippen LogP contribution in [0, 0.1) is 0 Å². The smallest absolute Gasteiger partial charge is 0.322 e. The second-order valence-electron chi connectivity index (χ2n) is 9.17. The molecule has 5 N–H and O–H groups in total. The summed E-state index contributed by atoms with van der Waals surface area (Å²) in [5, 5.41) is 21.3. The zero-order chi connectivity index (χ0) is 26.6. The number of H-pyrrole nitrogens is 1. The van der Waals surface area contributed by atoms with Gasteiger partial charge in [-0.15, -0.1) is 0 Å². The largest absolute Gasteiger partial charge is 0.353 e. The Morgan fingerprint density at radius 2 is 1.72 bits per heavy atom. The summed E-state index contributed by atoms with van der Waals surface area (Å²) in [5.74, 6) is 1.22. The molecule has 0 bridgehead atoms. The molecule has 10 nitrogen and oxygen atoms in total. The summed E-state index contributed by atoms with van der Waals surface area (Å²) in [7, 11) is 0. The lowest BCUT2D eigenvalue weighted by molar-refractivity contribution is -0.123. The number of fused-ring (bicyclic) bond motifs is 1. The SMILES string of the molecule is O=C1CN(C(=O)Nc2cccc(Nc3cc4ccccc4c(Nc4ccc(-c5cn[nH]c5)cc4)n3)c2)CCN1. The van der Waals surface area contributed by atoms with Crippen LogP contribution in [0.1, 0.15) is 0 Å². The van der Waals surface area contributed by atoms with Crippen molar-refractivity contribution in [1.82, 2.24) is 25.4 Å². The van der Waals surface area contributed by atoms with Crippen molar-refractivity contribution in [3.8, 4) is 11.1 Å². The van der Waals surface area contributed by atoms with Crippen LogP contribution in [0.25, 0.3) is 21.9 Å². The van der Waals surface area contributed by atoms with Crippen LogP contribution in [0.15, 0.2) is 91.3 Å². The fourth-order valence-corrected chi connectivity index (χ4v) is 4.49. The zero-order valence-corrected chi connectivity index (χ0v) is 20.9. The molecule has 0 atom stereocenters. The summed E-state index contributed by atoms with van der Waals surface area (Å²) < 4.78 is 0. The molecule has 1 aliphatic rings. The van der Waals surface area contributed by atoms with E-state index in [0.717, 1.165) is 39.1 Å². The number of urea groups is 1. The van der Waals surface area contributed by atoms with Crippen LogP contribution in [0.4, 0.5) is 33.5 Å². The van der Waals surface area contributed by atoms with Crippen molar-refractivity contribution in [3.05, 3.63) is 91.3 Å². The number of aromatic amines is 1. The number of rotatable bonds is 6. The van der Waals surface area contributed by atoms with Crippen LogP contribution in [0.5, 0.6) is 0 Å². The highest BCUT2D eigenvalue weighted by molar-refractivity contribution is 5.96. The van der Waals surface area contributed by atoms with Crippen molar-refractivity contribution < 1.29 is 9.59 Å². The molecule has 0 saturated carbocycles. The fourth-order valence-electron chi connectivity index (χ4n) is 4.49. The van der Waals surface area contributed by atoms with E-state index >= 15 is 0 Å². The predicted molar refractivity (Wildman–Crippen MR) is 152 cm³/mol. The Kier molecular flexibility index (Phi) is 6.48. The van der Waals surface area contributed by atoms with E-state index in [0.29, 0.717) is 24.6 Å². The van der Waals surface area contributed by atoms with E-state index < -0.39 is 0 Å². The van der Waals surface area contributed by atoms with Crippen LogP contribution in [0.3, 0.4) is 0 Å². The number of hydrogen-bond acceptors (Lipinski definition) is 6. The minimum atomic E-state index is -0.309. The molecule has 3 heterocycles. The average molecular weight is 519 g/mol. The molecule has 1 aliphatic heterocycles. The van der Waals surface area contributed by atoms with E-state index in [-0.39, 0.29) is 18.5 Å². The third-order valence-electron chi connectivity index (χ3n) is 6.43. The minimum absolute atomic E-state index is 0.0482. The van der Waals surface area contributed by atoms with Gasteiger partial charge in [-0.1, -0.05) is 42.5 Å². The van der Waals surface area contributed by atoms with Crippen molar-refractivity contribution in [2.24, 2.45) is 0 Å². The molecular weight excluding hydrogens is 492 g/mol. The fraction of sp³-hybridized carbons (Fsp3) is 0.103. The van der Waals surface area contributed by atoms with E-state index in [9.17, 15) is 9.59 Å². The molecule has 0 spiro atoms. The summed E-state index contributed by atoms with van der Waals surface area (Å²) in [6.07, 6.45) is 3.65. The number of nitrogens with zero attached hydrogens (tertiary/aromatic N) is 3. The van der Waals surface area contributed by atoms with Gasteiger partial charge in [-0.05, 0) is 47.3 Å². The zero-order valence-electron chi connectivity index (χ0n) is 20.9. The highest BCUT2D eigenvalue weighted by Gasteiger charge is 2.21. The van der Waals surface area contributed by atoms with E-state index in [4.69, 9.17) is 4.98 Å². The Balaban J connectivity index is 1.22. The first-order valence-corrected chi connectivity index (χ1v) is 12.6. The van der Waals surface area contributed by atoms with Gasteiger partial charge in [0.1, 0.15) is 18.2 Å². The Morgan fingerprint density at radius 1 is 0.872 bits per heavy atom. The number of piperazine rings is 1. The first-order valence-electron chi connectivity index (χ1n) is 12.6. The number of amides is 3. The van der Waals surface area contributed by atoms with Gasteiger partial charge < -0.3 is 26.2 Å². The molecule has 0 radical (unpaired) electrons. The van der Waals surface area contributed by atoms with Gasteiger partial charge in [-0.2, -0.15) is 5.10 Å². The molecule has 0 aliphatic carbocycles. The lowest BCUT2D eigenvalue weighted by Crippen LogP contribution is -2.51. The molecule has 3 amide bonds. The van der Waals surface area contributed by atoms with Gasteiger partial charge >= 0.3 is 6.03 Å². The summed E-state index contributed by atoms with van der Waals surface area (Å²) >= 11 is 0. The van der Waals surface area contributed by atoms with Crippen LogP contribution < -0.4 is 21.3 Å². The molecule has 194 valence electrons. The molecule has 2 aromatic heterocycles. The van der Waals surface area contributed by atoms with Crippen molar-refractivity contribution in [3.63, 3.8) is 0 Å². The highest BCUT2D eigenvalue weighted by Crippen LogP contribution is 2.30. The summed E-state index contributed by atoms with van der Waals surface area (Å²) in [6, 6.07) is 25.2. The number of anilines is 5. The number of benzene rings is 3. The quantitative estimate of drug-likeness (QED) is 0.213. The van der Waals surface area contributed by atoms with Gasteiger partial charge in [0.25, 0.3) is 0 Å². The van der Waals surface area contributed by atoms with E-state index in [1.54, 1.807) is 12.3 Å². The monoisotopic (exact) mass is 518 g/mol. The standard InChI is InChI=1S/C29H26N8O2/c38-27-18-37(13-12-30-27)29(39)35-24-6-3-5-23(15-24)33-26-14-20-4-1-2-7-25(20)28(36-26)34-22-10-8-19(9-11-22)21-16-31-32-17-21/h1-11,14-17H,12-13,18H2,(H,30,38)(H,31,32)(H,35,39)(H2,33,34,36). The molecule has 0 unspecified atom stereocenters. The molecule has 10 heteroatoms. The van der Waals surface area contributed by atoms with Crippen molar-refractivity contribution >= 4 is 51.4 Å². The first kappa shape index (κ1) is 24.0. The average Bonchev–Trinajstić information content (AvgIpc) is 3.49. The van der Waals surface area contributed by atoms with Gasteiger partial charge in [0, 0.05) is 47.3 Å². The van der Waals surface area contributed by atoms with Gasteiger partial charge in [0.2, 0.25) is 5.91 Å². The maximum atomic E-state index is 12.6. The number of nitrogens with one attached hydrogen (secondary N) is 5. The van der Waals surface area contributed by atoms with Gasteiger partial charge in [-0.3, -0.25) is 9.89 Å². The van der Waals surface area contributed by atoms with Crippen molar-refractivity contribution in [2.75, 3.05) is 35.6 Å². The Morgan fingerprint density at radius 3 is 2.54 bits per heavy atom. The molecule has 5 aromatic rings. The van der Waals surface area contributed by atoms with E-state index in [1.807, 2.05) is 79.0 Å². The normalized spacial score (nSPS) is 13.1. The number of carbonyl (C=O) groups is 2. The lowest BCUT2D eigenvalue weighted by Gasteiger charge is -2.26. The Labute approximate surface area is 224 Å². The maximum Gasteiger partial charge on any atom is 0.322 e. The summed E-state index contributed by atoms with van der Waals surface area (Å²) in [4.78, 5) is 30.6. The molecule has 1 fully saturated rings. The first-order chi connectivity index (χ1) is 19.1. The third kappa shape index (κ3) is 5.49. The molecule has 6 rings (SSSR count). The Bertz CT molecular complexity index is 1630. The number of hydrogen-bond donors (Lipinski definition) is 5. The van der Waals surface area contributed by atoms with E-state index in [2.05, 4.69) is 31.5 Å². The van der Waals surface area contributed by atoms with Gasteiger partial charge in [0.15, 0.2) is 0 Å². The number of aromatic nitrogens is 3. The van der Waals surface area contributed by atoms with Crippen LogP contribution in [-0.2, 0) is 4.79 Å². The summed E-state index contributed by atoms with van der Waals surface area (Å²) in [5.41, 5.74) is 4.39. The second-order valence-corrected chi connectivity index (χ2v) is 9.17. The van der Waals surface area contributed by atoms with Crippen molar-refractivity contribution in [2.45, 2.75) is 0 Å². The van der Waals surface area contributed by atoms with Crippen LogP contribution in [-0.4, -0.2) is 51.7 Å². The van der Waals surface area contributed by atoms with Crippen molar-refractivity contribution in [1.29, 1.82) is 0 Å². The van der Waals surface area contributed by atoms with Gasteiger partial charge in [-0.25, -0.2) is 9.78 Å². The minimum Gasteiger partial charge on any atom is -0.353 e. The number of pyridine rings is 1. The summed E-state index contributed by atoms with van der Waals surface area (Å²) in [6.45, 7) is 0.970. The lowest BCUT2D eigenvalue weighted by atomic mass is 10.1. The molecule has 3 aromatic carbocycles. The van der Waals surface area contributed by atoms with Crippen LogP contribution in [0.2, 0.25) is 0 Å². The molecule has 39 heavy (non-hydrogen) atoms. The van der Waals surface area contributed by atoms with Crippen LogP contribution >= 0.6 is 0 Å². The van der Waals surface area contributed by atoms with Gasteiger partial charge in [0.05, 0.1) is 6.20 Å². The number of carbonyl (C=O) groups excluding carboxylic acids is 2. The highest BCUT2D eigenvalue weighted by atomic mass is 16.2. The predicted octanol–water partition coefficient (Wildman–Crippen LogP) is 5.08. The molecular formula is C29H26N8O2.